The monoisotopic (exact) mass is 957 g/mol. The van der Waals surface area contributed by atoms with Gasteiger partial charge in [-0.25, -0.2) is 0 Å². The predicted molar refractivity (Wildman–Crippen MR) is 312 cm³/mol. The molecule has 0 heterocycles. The molecule has 2 heteroatoms. The van der Waals surface area contributed by atoms with Gasteiger partial charge in [-0.15, -0.1) is 0 Å². The second-order valence-corrected chi connectivity index (χ2v) is 22.3. The Hall–Kier alpha value is -6.64. The van der Waals surface area contributed by atoms with E-state index in [0.717, 1.165) is 38.5 Å². The molecule has 8 aromatic rings. The zero-order valence-electron chi connectivity index (χ0n) is 45.2. The number of rotatable bonds is 18. The Morgan fingerprint density at radius 3 is 1.07 bits per heavy atom. The summed E-state index contributed by atoms with van der Waals surface area (Å²) in [6, 6.07) is 58.3. The van der Waals surface area contributed by atoms with E-state index in [1.807, 2.05) is 0 Å². The number of aryl methyl sites for hydroxylation is 12. The van der Waals surface area contributed by atoms with Gasteiger partial charge in [0.1, 0.15) is 0 Å². The van der Waals surface area contributed by atoms with Crippen LogP contribution in [0.3, 0.4) is 0 Å². The van der Waals surface area contributed by atoms with Crippen LogP contribution in [0.5, 0.6) is 0 Å². The fraction of sp³-hybridized carbons (Fsp3) is 0.324. The zero-order chi connectivity index (χ0) is 50.4. The highest BCUT2D eigenvalue weighted by Crippen LogP contribution is 2.59. The molecular weight excluding hydrogens is 881 g/mol. The Labute approximate surface area is 438 Å². The first kappa shape index (κ1) is 48.6. The average molecular weight is 957 g/mol. The van der Waals surface area contributed by atoms with E-state index < -0.39 is 5.41 Å². The molecule has 3 aliphatic carbocycles. The van der Waals surface area contributed by atoms with Crippen LogP contribution in [-0.4, -0.2) is 0 Å². The molecule has 2 nitrogen and oxygen atoms in total. The van der Waals surface area contributed by atoms with E-state index in [9.17, 15) is 0 Å². The maximum atomic E-state index is 2.59. The van der Waals surface area contributed by atoms with Gasteiger partial charge in [0.25, 0.3) is 0 Å². The number of nitrogens with zero attached hydrogens (tertiary/aromatic N) is 2. The first-order valence-corrected chi connectivity index (χ1v) is 28.0. The Morgan fingerprint density at radius 2 is 0.726 bits per heavy atom. The van der Waals surface area contributed by atoms with E-state index in [1.54, 1.807) is 0 Å². The highest BCUT2D eigenvalue weighted by atomic mass is 15.2. The van der Waals surface area contributed by atoms with Crippen molar-refractivity contribution in [3.05, 3.63) is 235 Å². The SMILES string of the molecule is CCCCCCc1cc(C)c(N(c2ccc(C)cc2)c2ccc3c(c2)C(c2ccc4c(c2)CC4)(c2ccc4c(c2)CC4)c2cc(N(c4ccc(C)cc4)c4c(C)cc(CCCCCC)cc4C)ccc2-3)c(C)c1. The minimum absolute atomic E-state index is 0.581. The summed E-state index contributed by atoms with van der Waals surface area (Å²) in [4.78, 5) is 5.13. The second kappa shape index (κ2) is 20.3. The fourth-order valence-corrected chi connectivity index (χ4v) is 13.0. The molecule has 0 N–H and O–H groups in total. The van der Waals surface area contributed by atoms with Gasteiger partial charge < -0.3 is 9.80 Å². The van der Waals surface area contributed by atoms with Crippen LogP contribution in [0.15, 0.2) is 146 Å². The lowest BCUT2D eigenvalue weighted by Gasteiger charge is -2.38. The van der Waals surface area contributed by atoms with Gasteiger partial charge in [-0.3, -0.25) is 0 Å². The molecule has 0 amide bonds. The van der Waals surface area contributed by atoms with Crippen molar-refractivity contribution in [2.75, 3.05) is 9.80 Å². The van der Waals surface area contributed by atoms with Gasteiger partial charge >= 0.3 is 0 Å². The molecule has 370 valence electrons. The van der Waals surface area contributed by atoms with Crippen LogP contribution in [-0.2, 0) is 43.9 Å². The van der Waals surface area contributed by atoms with Gasteiger partial charge in [-0.2, -0.15) is 0 Å². The van der Waals surface area contributed by atoms with Crippen molar-refractivity contribution >= 4 is 34.1 Å². The fourth-order valence-electron chi connectivity index (χ4n) is 13.0. The van der Waals surface area contributed by atoms with E-state index in [4.69, 9.17) is 0 Å². The normalized spacial score (nSPS) is 13.6. The third-order valence-electron chi connectivity index (χ3n) is 17.0. The van der Waals surface area contributed by atoms with Gasteiger partial charge in [-0.05, 0) is 230 Å². The predicted octanol–water partition coefficient (Wildman–Crippen LogP) is 19.3. The van der Waals surface area contributed by atoms with Crippen molar-refractivity contribution in [1.29, 1.82) is 0 Å². The summed E-state index contributed by atoms with van der Waals surface area (Å²) in [6.07, 6.45) is 17.0. The maximum absolute atomic E-state index is 2.59. The van der Waals surface area contributed by atoms with Crippen molar-refractivity contribution in [3.8, 4) is 11.1 Å². The van der Waals surface area contributed by atoms with E-state index >= 15 is 0 Å². The lowest BCUT2D eigenvalue weighted by molar-refractivity contribution is 0.666. The first-order valence-electron chi connectivity index (χ1n) is 28.0. The van der Waals surface area contributed by atoms with Gasteiger partial charge in [0.2, 0.25) is 0 Å². The molecule has 0 saturated carbocycles. The lowest BCUT2D eigenvalue weighted by atomic mass is 9.65. The van der Waals surface area contributed by atoms with Crippen LogP contribution >= 0.6 is 0 Å². The van der Waals surface area contributed by atoms with Crippen LogP contribution in [0.25, 0.3) is 11.1 Å². The average Bonchev–Trinajstić information content (AvgIpc) is 3.65. The van der Waals surface area contributed by atoms with Gasteiger partial charge in [0.05, 0.1) is 16.8 Å². The van der Waals surface area contributed by atoms with Crippen LogP contribution in [0.2, 0.25) is 0 Å². The van der Waals surface area contributed by atoms with Gasteiger partial charge in [0, 0.05) is 22.7 Å². The topological polar surface area (TPSA) is 6.48 Å². The number of anilines is 6. The summed E-state index contributed by atoms with van der Waals surface area (Å²) in [6.45, 7) is 18.3. The Bertz CT molecular complexity index is 3060. The second-order valence-electron chi connectivity index (χ2n) is 22.3. The molecule has 0 radical (unpaired) electrons. The quantitative estimate of drug-likeness (QED) is 0.0791. The number of hydrogen-bond donors (Lipinski definition) is 0. The maximum Gasteiger partial charge on any atom is 0.0715 e. The van der Waals surface area contributed by atoms with Crippen LogP contribution in [0.4, 0.5) is 34.1 Å². The number of unbranched alkanes of at least 4 members (excludes halogenated alkanes) is 6. The molecule has 0 spiro atoms. The third kappa shape index (κ3) is 8.94. The van der Waals surface area contributed by atoms with Crippen molar-refractivity contribution < 1.29 is 0 Å². The molecule has 0 atom stereocenters. The van der Waals surface area contributed by atoms with Crippen LogP contribution in [0, 0.1) is 41.5 Å². The Morgan fingerprint density at radius 1 is 0.356 bits per heavy atom. The smallest absolute Gasteiger partial charge is 0.0715 e. The summed E-state index contributed by atoms with van der Waals surface area (Å²) in [5, 5.41) is 0. The first-order chi connectivity index (χ1) is 35.5. The summed E-state index contributed by atoms with van der Waals surface area (Å²) in [5.74, 6) is 0. The van der Waals surface area contributed by atoms with E-state index in [1.165, 1.54) is 186 Å². The number of hydrogen-bond acceptors (Lipinski definition) is 2. The zero-order valence-corrected chi connectivity index (χ0v) is 45.2. The summed E-state index contributed by atoms with van der Waals surface area (Å²) in [5.41, 5.74) is 31.5. The lowest BCUT2D eigenvalue weighted by Crippen LogP contribution is -2.31. The molecule has 3 aliphatic rings. The summed E-state index contributed by atoms with van der Waals surface area (Å²) >= 11 is 0. The Balaban J connectivity index is 1.14. The minimum Gasteiger partial charge on any atom is -0.310 e. The van der Waals surface area contributed by atoms with Crippen LogP contribution < -0.4 is 9.80 Å². The minimum atomic E-state index is -0.581. The van der Waals surface area contributed by atoms with E-state index in [0.29, 0.717) is 0 Å². The number of fused-ring (bicyclic) bond motifs is 5. The largest absolute Gasteiger partial charge is 0.310 e. The van der Waals surface area contributed by atoms with Crippen molar-refractivity contribution in [1.82, 2.24) is 0 Å². The number of benzene rings is 8. The van der Waals surface area contributed by atoms with Crippen molar-refractivity contribution in [3.63, 3.8) is 0 Å². The Kier molecular flexibility index (Phi) is 13.5. The summed E-state index contributed by atoms with van der Waals surface area (Å²) in [7, 11) is 0. The molecule has 11 rings (SSSR count). The standard InChI is InChI=1S/C71H76N2/c1-9-11-13-15-17-53-39-49(5)69(50(6)40-53)72(61-31-19-47(3)20-32-61)63-35-37-65-66-38-36-64(73(62-33-21-48(4)22-34-62)70-51(7)41-54(42-52(70)8)18-16-14-12-10-2)46-68(66)71(67(65)45-63,59-29-27-55-23-25-57(55)43-59)60-30-28-56-24-26-58(56)44-60/h19-22,27-46H,9-18,23-26H2,1-8H3. The van der Waals surface area contributed by atoms with E-state index in [2.05, 4.69) is 211 Å². The molecule has 0 saturated heterocycles. The molecule has 0 aromatic heterocycles. The molecule has 0 bridgehead atoms. The third-order valence-corrected chi connectivity index (χ3v) is 17.0. The molecule has 8 aromatic carbocycles. The highest BCUT2D eigenvalue weighted by Gasteiger charge is 2.48. The van der Waals surface area contributed by atoms with E-state index in [-0.39, 0.29) is 0 Å². The summed E-state index contributed by atoms with van der Waals surface area (Å²) < 4.78 is 0. The highest BCUT2D eigenvalue weighted by molar-refractivity contribution is 5.93. The molecular formula is C71H76N2. The molecule has 0 fully saturated rings. The van der Waals surface area contributed by atoms with Gasteiger partial charge in [0.15, 0.2) is 0 Å². The van der Waals surface area contributed by atoms with Crippen molar-refractivity contribution in [2.24, 2.45) is 0 Å². The van der Waals surface area contributed by atoms with Crippen molar-refractivity contribution in [2.45, 2.75) is 151 Å². The van der Waals surface area contributed by atoms with Crippen LogP contribution in [0.1, 0.15) is 154 Å². The van der Waals surface area contributed by atoms with Gasteiger partial charge in [-0.1, -0.05) is 161 Å². The molecule has 0 unspecified atom stereocenters. The molecule has 0 aliphatic heterocycles. The molecule has 73 heavy (non-hydrogen) atoms.